The Balaban J connectivity index is 2.28. The largest absolute Gasteiger partial charge is 0.496 e. The number of rotatable bonds is 3. The highest BCUT2D eigenvalue weighted by molar-refractivity contribution is 9.10. The van der Waals surface area contributed by atoms with Crippen LogP contribution in [0.2, 0.25) is 0 Å². The third kappa shape index (κ3) is 3.37. The van der Waals surface area contributed by atoms with Gasteiger partial charge in [0.25, 0.3) is 5.91 Å². The first-order valence-corrected chi connectivity index (χ1v) is 7.38. The Morgan fingerprint density at radius 2 is 2.00 bits per heavy atom. The third-order valence-electron chi connectivity index (χ3n) is 2.71. The third-order valence-corrected chi connectivity index (χ3v) is 3.64. The second kappa shape index (κ2) is 6.37. The minimum absolute atomic E-state index is 0.235. The van der Waals surface area contributed by atoms with Gasteiger partial charge in [-0.15, -0.1) is 0 Å². The molecule has 2 rings (SSSR count). The molecule has 0 saturated heterocycles. The standard InChI is InChI=1S/C14H12Br2N2O2/c1-8-11(5-6-13(16)17-8)18-14(19)10-4-3-9(15)7-12(10)20-2/h3-7H,1-2H3,(H,18,19). The van der Waals surface area contributed by atoms with Gasteiger partial charge in [0, 0.05) is 4.47 Å². The van der Waals surface area contributed by atoms with Gasteiger partial charge >= 0.3 is 0 Å². The van der Waals surface area contributed by atoms with E-state index in [2.05, 4.69) is 42.2 Å². The smallest absolute Gasteiger partial charge is 0.259 e. The van der Waals surface area contributed by atoms with Crippen molar-refractivity contribution in [1.29, 1.82) is 0 Å². The van der Waals surface area contributed by atoms with Crippen LogP contribution in [0.5, 0.6) is 5.75 Å². The number of pyridine rings is 1. The lowest BCUT2D eigenvalue weighted by Gasteiger charge is -2.11. The van der Waals surface area contributed by atoms with Crippen LogP contribution in [-0.2, 0) is 0 Å². The average molecular weight is 400 g/mol. The summed E-state index contributed by atoms with van der Waals surface area (Å²) < 4.78 is 6.81. The van der Waals surface area contributed by atoms with Crippen molar-refractivity contribution in [2.24, 2.45) is 0 Å². The average Bonchev–Trinajstić information content (AvgIpc) is 2.41. The van der Waals surface area contributed by atoms with Crippen molar-refractivity contribution in [1.82, 2.24) is 4.98 Å². The molecule has 0 fully saturated rings. The van der Waals surface area contributed by atoms with Crippen LogP contribution in [0.25, 0.3) is 0 Å². The fraction of sp³-hybridized carbons (Fsp3) is 0.143. The second-order valence-corrected chi connectivity index (χ2v) is 5.79. The molecule has 0 aliphatic heterocycles. The SMILES string of the molecule is COc1cc(Br)ccc1C(=O)Nc1ccc(Br)nc1C. The van der Waals surface area contributed by atoms with Crippen molar-refractivity contribution in [2.45, 2.75) is 6.92 Å². The molecule has 6 heteroatoms. The molecule has 1 amide bonds. The van der Waals surface area contributed by atoms with Gasteiger partial charge in [0.2, 0.25) is 0 Å². The van der Waals surface area contributed by atoms with Gasteiger partial charge in [-0.25, -0.2) is 4.98 Å². The quantitative estimate of drug-likeness (QED) is 0.787. The zero-order chi connectivity index (χ0) is 14.7. The normalized spacial score (nSPS) is 10.2. The number of hydrogen-bond donors (Lipinski definition) is 1. The van der Waals surface area contributed by atoms with Crippen LogP contribution in [0.1, 0.15) is 16.1 Å². The first-order chi connectivity index (χ1) is 9.51. The minimum atomic E-state index is -0.235. The van der Waals surface area contributed by atoms with Crippen LogP contribution in [0.3, 0.4) is 0 Å². The van der Waals surface area contributed by atoms with Crippen LogP contribution in [0.4, 0.5) is 5.69 Å². The minimum Gasteiger partial charge on any atom is -0.496 e. The summed E-state index contributed by atoms with van der Waals surface area (Å²) in [6, 6.07) is 8.84. The first kappa shape index (κ1) is 15.0. The molecule has 2 aromatic rings. The van der Waals surface area contributed by atoms with Crippen molar-refractivity contribution < 1.29 is 9.53 Å². The van der Waals surface area contributed by atoms with Gasteiger partial charge < -0.3 is 10.1 Å². The van der Waals surface area contributed by atoms with Crippen molar-refractivity contribution in [3.63, 3.8) is 0 Å². The molecule has 0 aliphatic rings. The Bertz CT molecular complexity index is 660. The monoisotopic (exact) mass is 398 g/mol. The van der Waals surface area contributed by atoms with E-state index in [1.807, 2.05) is 6.92 Å². The summed E-state index contributed by atoms with van der Waals surface area (Å²) in [7, 11) is 1.53. The number of aryl methyl sites for hydroxylation is 1. The van der Waals surface area contributed by atoms with Gasteiger partial charge in [-0.3, -0.25) is 4.79 Å². The van der Waals surface area contributed by atoms with Gasteiger partial charge in [0.15, 0.2) is 0 Å². The second-order valence-electron chi connectivity index (χ2n) is 4.07. The van der Waals surface area contributed by atoms with E-state index in [0.29, 0.717) is 17.0 Å². The van der Waals surface area contributed by atoms with Crippen LogP contribution in [-0.4, -0.2) is 18.0 Å². The van der Waals surface area contributed by atoms with E-state index in [1.54, 1.807) is 30.3 Å². The summed E-state index contributed by atoms with van der Waals surface area (Å²) in [4.78, 5) is 16.5. The van der Waals surface area contributed by atoms with E-state index in [0.717, 1.165) is 14.8 Å². The van der Waals surface area contributed by atoms with Crippen molar-refractivity contribution >= 4 is 43.5 Å². The highest BCUT2D eigenvalue weighted by Crippen LogP contribution is 2.25. The van der Waals surface area contributed by atoms with E-state index < -0.39 is 0 Å². The maximum Gasteiger partial charge on any atom is 0.259 e. The van der Waals surface area contributed by atoms with Gasteiger partial charge in [-0.05, 0) is 53.2 Å². The molecule has 20 heavy (non-hydrogen) atoms. The molecule has 1 aromatic heterocycles. The number of halogens is 2. The number of carbonyl (C=O) groups is 1. The number of ether oxygens (including phenoxy) is 1. The number of methoxy groups -OCH3 is 1. The molecule has 104 valence electrons. The van der Waals surface area contributed by atoms with E-state index >= 15 is 0 Å². The molecule has 0 radical (unpaired) electrons. The highest BCUT2D eigenvalue weighted by atomic mass is 79.9. The molecule has 0 bridgehead atoms. The van der Waals surface area contributed by atoms with Crippen LogP contribution < -0.4 is 10.1 Å². The van der Waals surface area contributed by atoms with Gasteiger partial charge in [-0.2, -0.15) is 0 Å². The zero-order valence-corrected chi connectivity index (χ0v) is 14.1. The lowest BCUT2D eigenvalue weighted by Crippen LogP contribution is -2.14. The van der Waals surface area contributed by atoms with Crippen molar-refractivity contribution in [3.05, 3.63) is 50.7 Å². The lowest BCUT2D eigenvalue weighted by atomic mass is 10.2. The van der Waals surface area contributed by atoms with E-state index in [9.17, 15) is 4.79 Å². The summed E-state index contributed by atoms with van der Waals surface area (Å²) in [6.45, 7) is 1.83. The number of nitrogens with zero attached hydrogens (tertiary/aromatic N) is 1. The molecule has 1 aromatic carbocycles. The first-order valence-electron chi connectivity index (χ1n) is 5.79. The molecular formula is C14H12Br2N2O2. The Hall–Kier alpha value is -1.40. The van der Waals surface area contributed by atoms with E-state index in [-0.39, 0.29) is 5.91 Å². The number of carbonyl (C=O) groups excluding carboxylic acids is 1. The molecule has 1 heterocycles. The van der Waals surface area contributed by atoms with Crippen molar-refractivity contribution in [2.75, 3.05) is 12.4 Å². The maximum absolute atomic E-state index is 12.3. The Morgan fingerprint density at radius 1 is 1.25 bits per heavy atom. The lowest BCUT2D eigenvalue weighted by molar-refractivity contribution is 0.102. The predicted molar refractivity (Wildman–Crippen MR) is 85.3 cm³/mol. The fourth-order valence-electron chi connectivity index (χ4n) is 1.70. The van der Waals surface area contributed by atoms with E-state index in [1.165, 1.54) is 7.11 Å². The number of nitrogens with one attached hydrogen (secondary N) is 1. The number of anilines is 1. The fourth-order valence-corrected chi connectivity index (χ4v) is 2.44. The topological polar surface area (TPSA) is 51.2 Å². The summed E-state index contributed by atoms with van der Waals surface area (Å²) in [6.07, 6.45) is 0. The van der Waals surface area contributed by atoms with E-state index in [4.69, 9.17) is 4.74 Å². The molecular weight excluding hydrogens is 388 g/mol. The molecule has 1 N–H and O–H groups in total. The summed E-state index contributed by atoms with van der Waals surface area (Å²) in [5.74, 6) is 0.279. The van der Waals surface area contributed by atoms with Crippen LogP contribution >= 0.6 is 31.9 Å². The summed E-state index contributed by atoms with van der Waals surface area (Å²) in [5, 5.41) is 2.83. The van der Waals surface area contributed by atoms with Crippen LogP contribution in [0.15, 0.2) is 39.4 Å². The Labute approximate surface area is 133 Å². The highest BCUT2D eigenvalue weighted by Gasteiger charge is 2.14. The maximum atomic E-state index is 12.3. The number of aromatic nitrogens is 1. The molecule has 0 spiro atoms. The zero-order valence-electron chi connectivity index (χ0n) is 10.9. The molecule has 0 unspecified atom stereocenters. The molecule has 0 saturated carbocycles. The number of amides is 1. The Morgan fingerprint density at radius 3 is 2.65 bits per heavy atom. The summed E-state index contributed by atoms with van der Waals surface area (Å²) in [5.41, 5.74) is 1.88. The summed E-state index contributed by atoms with van der Waals surface area (Å²) >= 11 is 6.63. The predicted octanol–water partition coefficient (Wildman–Crippen LogP) is 4.18. The number of hydrogen-bond acceptors (Lipinski definition) is 3. The molecule has 4 nitrogen and oxygen atoms in total. The Kier molecular flexibility index (Phi) is 4.77. The molecule has 0 aliphatic carbocycles. The van der Waals surface area contributed by atoms with Crippen molar-refractivity contribution in [3.8, 4) is 5.75 Å². The van der Waals surface area contributed by atoms with Gasteiger partial charge in [0.05, 0.1) is 24.1 Å². The number of benzene rings is 1. The van der Waals surface area contributed by atoms with Crippen LogP contribution in [0, 0.1) is 6.92 Å². The van der Waals surface area contributed by atoms with Gasteiger partial charge in [-0.1, -0.05) is 15.9 Å². The van der Waals surface area contributed by atoms with Gasteiger partial charge in [0.1, 0.15) is 10.4 Å². The molecule has 0 atom stereocenters.